The number of aliphatic hydroxyl groups is 1. The molecule has 0 aromatic carbocycles. The quantitative estimate of drug-likeness (QED) is 0.413. The third-order valence-electron chi connectivity index (χ3n) is 1.50. The number of carbonyl (C=O) groups is 2. The lowest BCUT2D eigenvalue weighted by atomic mass is 10.2. The summed E-state index contributed by atoms with van der Waals surface area (Å²) in [5.41, 5.74) is 0. The van der Waals surface area contributed by atoms with E-state index in [0.717, 1.165) is 0 Å². The van der Waals surface area contributed by atoms with Gasteiger partial charge in [-0.25, -0.2) is 0 Å². The Morgan fingerprint density at radius 2 is 1.59 bits per heavy atom. The highest BCUT2D eigenvalue weighted by atomic mass is 16.5. The molecule has 0 aliphatic carbocycles. The van der Waals surface area contributed by atoms with Crippen LogP contribution in [0.1, 0.15) is 25.7 Å². The molecule has 0 amide bonds. The van der Waals surface area contributed by atoms with Crippen LogP contribution in [0.3, 0.4) is 0 Å². The summed E-state index contributed by atoms with van der Waals surface area (Å²) in [5, 5.41) is 24.4. The second kappa shape index (κ2) is 14.6. The first-order valence-corrected chi connectivity index (χ1v) is 5.27. The van der Waals surface area contributed by atoms with Gasteiger partial charge in [0, 0.05) is 12.8 Å². The maximum absolute atomic E-state index is 9.90. The van der Waals surface area contributed by atoms with E-state index in [0.29, 0.717) is 26.1 Å². The Kier molecular flexibility index (Phi) is 15.4. The lowest BCUT2D eigenvalue weighted by Crippen LogP contribution is -1.97. The van der Waals surface area contributed by atoms with Gasteiger partial charge in [0.25, 0.3) is 0 Å². The highest BCUT2D eigenvalue weighted by Crippen LogP contribution is 1.98. The fourth-order valence-corrected chi connectivity index (χ4v) is 0.784. The summed E-state index contributed by atoms with van der Waals surface area (Å²) in [6, 6.07) is 0. The van der Waals surface area contributed by atoms with Gasteiger partial charge in [-0.15, -0.1) is 6.58 Å². The van der Waals surface area contributed by atoms with Crippen molar-refractivity contribution in [2.24, 2.45) is 0 Å². The van der Waals surface area contributed by atoms with Crippen LogP contribution in [-0.4, -0.2) is 47.1 Å². The number of rotatable bonds is 9. The molecule has 0 aromatic rings. The molecular formula is C11H20O6. The largest absolute Gasteiger partial charge is 0.481 e. The van der Waals surface area contributed by atoms with Crippen molar-refractivity contribution in [3.63, 3.8) is 0 Å². The van der Waals surface area contributed by atoms with Gasteiger partial charge in [0.1, 0.15) is 0 Å². The van der Waals surface area contributed by atoms with Gasteiger partial charge in [0.05, 0.1) is 19.8 Å². The Morgan fingerprint density at radius 3 is 1.88 bits per heavy atom. The van der Waals surface area contributed by atoms with Gasteiger partial charge >= 0.3 is 11.9 Å². The van der Waals surface area contributed by atoms with E-state index in [1.165, 1.54) is 0 Å². The SMILES string of the molecule is C=CCOCCO.O=C(O)CCCCC(=O)O. The Balaban J connectivity index is 0. The van der Waals surface area contributed by atoms with Crippen molar-refractivity contribution in [2.75, 3.05) is 19.8 Å². The number of carboxylic acids is 2. The first-order valence-electron chi connectivity index (χ1n) is 5.27. The number of hydrogen-bond acceptors (Lipinski definition) is 4. The summed E-state index contributed by atoms with van der Waals surface area (Å²) in [7, 11) is 0. The molecule has 0 atom stereocenters. The predicted molar refractivity (Wildman–Crippen MR) is 61.8 cm³/mol. The van der Waals surface area contributed by atoms with Gasteiger partial charge in [-0.2, -0.15) is 0 Å². The molecule has 0 aromatic heterocycles. The standard InChI is InChI=1S/C6H10O4.C5H10O2/c7-5(8)3-1-2-4-6(9)10;1-2-4-7-5-3-6/h1-4H2,(H,7,8)(H,9,10);2,6H,1,3-5H2. The zero-order valence-corrected chi connectivity index (χ0v) is 9.80. The van der Waals surface area contributed by atoms with E-state index in [-0.39, 0.29) is 19.4 Å². The number of carboxylic acid groups (broad SMARTS) is 2. The molecule has 0 saturated carbocycles. The third-order valence-corrected chi connectivity index (χ3v) is 1.50. The van der Waals surface area contributed by atoms with E-state index in [4.69, 9.17) is 20.1 Å². The van der Waals surface area contributed by atoms with Crippen molar-refractivity contribution in [1.82, 2.24) is 0 Å². The molecule has 6 heteroatoms. The van der Waals surface area contributed by atoms with Crippen LogP contribution in [0.4, 0.5) is 0 Å². The minimum atomic E-state index is -0.870. The molecule has 17 heavy (non-hydrogen) atoms. The molecule has 0 bridgehead atoms. The van der Waals surface area contributed by atoms with Crippen LogP contribution >= 0.6 is 0 Å². The highest BCUT2D eigenvalue weighted by Gasteiger charge is 1.99. The number of aliphatic carboxylic acids is 2. The van der Waals surface area contributed by atoms with Crippen molar-refractivity contribution >= 4 is 11.9 Å². The second-order valence-corrected chi connectivity index (χ2v) is 3.08. The maximum atomic E-state index is 9.90. The van der Waals surface area contributed by atoms with Gasteiger partial charge in [0.15, 0.2) is 0 Å². The predicted octanol–water partition coefficient (Wildman–Crippen LogP) is 0.897. The molecule has 0 radical (unpaired) electrons. The monoisotopic (exact) mass is 248 g/mol. The van der Waals surface area contributed by atoms with Crippen molar-refractivity contribution in [3.8, 4) is 0 Å². The summed E-state index contributed by atoms with van der Waals surface area (Å²) in [6.07, 6.45) is 2.67. The first kappa shape index (κ1) is 18.0. The van der Waals surface area contributed by atoms with Crippen LogP contribution in [0.5, 0.6) is 0 Å². The fraction of sp³-hybridized carbons (Fsp3) is 0.636. The summed E-state index contributed by atoms with van der Waals surface area (Å²) < 4.78 is 4.76. The van der Waals surface area contributed by atoms with Gasteiger partial charge in [-0.05, 0) is 12.8 Å². The molecule has 0 aliphatic heterocycles. The molecule has 0 saturated heterocycles. The zero-order valence-electron chi connectivity index (χ0n) is 9.80. The van der Waals surface area contributed by atoms with E-state index < -0.39 is 11.9 Å². The van der Waals surface area contributed by atoms with Crippen LogP contribution in [0.15, 0.2) is 12.7 Å². The van der Waals surface area contributed by atoms with Crippen molar-refractivity contribution in [2.45, 2.75) is 25.7 Å². The number of hydrogen-bond donors (Lipinski definition) is 3. The summed E-state index contributed by atoms with van der Waals surface area (Å²) in [6.45, 7) is 4.45. The van der Waals surface area contributed by atoms with E-state index >= 15 is 0 Å². The van der Waals surface area contributed by atoms with Crippen LogP contribution in [-0.2, 0) is 14.3 Å². The van der Waals surface area contributed by atoms with Crippen molar-refractivity contribution < 1.29 is 29.6 Å². The maximum Gasteiger partial charge on any atom is 0.303 e. The second-order valence-electron chi connectivity index (χ2n) is 3.08. The molecule has 0 unspecified atom stereocenters. The Hall–Kier alpha value is -1.40. The third kappa shape index (κ3) is 25.2. The van der Waals surface area contributed by atoms with Crippen molar-refractivity contribution in [1.29, 1.82) is 0 Å². The molecule has 100 valence electrons. The Labute approximate surface area is 101 Å². The summed E-state index contributed by atoms with van der Waals surface area (Å²) in [5.74, 6) is -1.74. The molecule has 0 spiro atoms. The normalized spacial score (nSPS) is 9.00. The van der Waals surface area contributed by atoms with Gasteiger partial charge in [-0.1, -0.05) is 6.08 Å². The van der Waals surface area contributed by atoms with Crippen molar-refractivity contribution in [3.05, 3.63) is 12.7 Å². The van der Waals surface area contributed by atoms with E-state index in [1.807, 2.05) is 0 Å². The molecule has 0 aliphatic rings. The molecule has 6 nitrogen and oxygen atoms in total. The van der Waals surface area contributed by atoms with Crippen LogP contribution < -0.4 is 0 Å². The van der Waals surface area contributed by atoms with Crippen LogP contribution in [0.2, 0.25) is 0 Å². The van der Waals surface area contributed by atoms with Gasteiger partial charge in [-0.3, -0.25) is 9.59 Å². The van der Waals surface area contributed by atoms with Crippen LogP contribution in [0, 0.1) is 0 Å². The van der Waals surface area contributed by atoms with Crippen LogP contribution in [0.25, 0.3) is 0 Å². The highest BCUT2D eigenvalue weighted by molar-refractivity contribution is 5.67. The number of ether oxygens (including phenoxy) is 1. The zero-order chi connectivity index (χ0) is 13.5. The molecule has 0 heterocycles. The van der Waals surface area contributed by atoms with Gasteiger partial charge in [0.2, 0.25) is 0 Å². The lowest BCUT2D eigenvalue weighted by molar-refractivity contribution is -0.139. The van der Waals surface area contributed by atoms with Gasteiger partial charge < -0.3 is 20.1 Å². The summed E-state index contributed by atoms with van der Waals surface area (Å²) >= 11 is 0. The molecule has 0 fully saturated rings. The fourth-order valence-electron chi connectivity index (χ4n) is 0.784. The first-order chi connectivity index (χ1) is 8.04. The number of unbranched alkanes of at least 4 members (excludes halogenated alkanes) is 1. The summed E-state index contributed by atoms with van der Waals surface area (Å²) in [4.78, 5) is 19.8. The molecule has 0 rings (SSSR count). The molecule has 3 N–H and O–H groups in total. The Morgan fingerprint density at radius 1 is 1.12 bits per heavy atom. The average Bonchev–Trinajstić information content (AvgIpc) is 2.26. The lowest BCUT2D eigenvalue weighted by Gasteiger charge is -1.92. The number of aliphatic hydroxyl groups excluding tert-OH is 1. The minimum absolute atomic E-state index is 0.0628. The minimum Gasteiger partial charge on any atom is -0.481 e. The topological polar surface area (TPSA) is 104 Å². The Bertz CT molecular complexity index is 198. The average molecular weight is 248 g/mol. The van der Waals surface area contributed by atoms with E-state index in [9.17, 15) is 9.59 Å². The van der Waals surface area contributed by atoms with E-state index in [1.54, 1.807) is 6.08 Å². The molecular weight excluding hydrogens is 228 g/mol. The van der Waals surface area contributed by atoms with E-state index in [2.05, 4.69) is 6.58 Å². The smallest absolute Gasteiger partial charge is 0.303 e.